The number of rotatable bonds is 3. The van der Waals surface area contributed by atoms with Crippen molar-refractivity contribution in [3.05, 3.63) is 17.3 Å². The van der Waals surface area contributed by atoms with Crippen molar-refractivity contribution in [2.24, 2.45) is 0 Å². The number of oxazole rings is 1. The Labute approximate surface area is 93.4 Å². The molecule has 0 spiro atoms. The molecule has 0 radical (unpaired) electrons. The fraction of sp³-hybridized carbons (Fsp3) is 0.636. The summed E-state index contributed by atoms with van der Waals surface area (Å²) in [7, 11) is 0. The van der Waals surface area contributed by atoms with Crippen LogP contribution in [0.3, 0.4) is 0 Å². The van der Waals surface area contributed by atoms with Gasteiger partial charge in [0.2, 0.25) is 11.7 Å². The summed E-state index contributed by atoms with van der Waals surface area (Å²) in [6.45, 7) is 4.49. The molecule has 2 rings (SSSR count). The lowest BCUT2D eigenvalue weighted by molar-refractivity contribution is 0.0655. The Morgan fingerprint density at radius 1 is 1.62 bits per heavy atom. The molecule has 5 nitrogen and oxygen atoms in total. The first-order valence-corrected chi connectivity index (χ1v) is 5.48. The molecular weight excluding hydrogens is 210 g/mol. The predicted octanol–water partition coefficient (Wildman–Crippen LogP) is 1.83. The van der Waals surface area contributed by atoms with Gasteiger partial charge < -0.3 is 14.3 Å². The molecule has 2 atom stereocenters. The third kappa shape index (κ3) is 1.82. The first-order chi connectivity index (χ1) is 7.63. The Hall–Kier alpha value is -1.36. The van der Waals surface area contributed by atoms with Gasteiger partial charge >= 0.3 is 5.97 Å². The average molecular weight is 225 g/mol. The van der Waals surface area contributed by atoms with E-state index in [9.17, 15) is 4.79 Å². The van der Waals surface area contributed by atoms with Crippen LogP contribution in [0.4, 0.5) is 0 Å². The van der Waals surface area contributed by atoms with E-state index in [1.165, 1.54) is 0 Å². The van der Waals surface area contributed by atoms with Crippen LogP contribution in [0.25, 0.3) is 0 Å². The molecule has 0 saturated carbocycles. The predicted molar refractivity (Wildman–Crippen MR) is 55.6 cm³/mol. The molecule has 0 aliphatic carbocycles. The van der Waals surface area contributed by atoms with E-state index in [1.54, 1.807) is 0 Å². The lowest BCUT2D eigenvalue weighted by atomic mass is 10.0. The van der Waals surface area contributed by atoms with Crippen LogP contribution in [-0.4, -0.2) is 28.8 Å². The van der Waals surface area contributed by atoms with Gasteiger partial charge in [-0.1, -0.05) is 6.92 Å². The van der Waals surface area contributed by atoms with Crippen LogP contribution in [-0.2, 0) is 11.2 Å². The maximum atomic E-state index is 10.9. The minimum atomic E-state index is -1.05. The van der Waals surface area contributed by atoms with Crippen molar-refractivity contribution >= 4 is 5.97 Å². The van der Waals surface area contributed by atoms with Gasteiger partial charge in [-0.2, -0.15) is 0 Å². The van der Waals surface area contributed by atoms with Gasteiger partial charge in [0, 0.05) is 6.61 Å². The standard InChI is InChI=1S/C11H15NO4/c1-3-8-9(11(13)14)16-10(12-8)7-4-5-15-6(7)2/h6-7H,3-5H2,1-2H3,(H,13,14). The Kier molecular flexibility index (Phi) is 2.96. The van der Waals surface area contributed by atoms with Crippen molar-refractivity contribution in [1.82, 2.24) is 4.98 Å². The van der Waals surface area contributed by atoms with Crippen molar-refractivity contribution in [2.45, 2.75) is 38.7 Å². The normalized spacial score (nSPS) is 24.9. The molecule has 1 aromatic heterocycles. The van der Waals surface area contributed by atoms with E-state index in [0.29, 0.717) is 24.6 Å². The number of hydrogen-bond donors (Lipinski definition) is 1. The van der Waals surface area contributed by atoms with Gasteiger partial charge in [0.05, 0.1) is 17.7 Å². The van der Waals surface area contributed by atoms with Gasteiger partial charge in [-0.15, -0.1) is 0 Å². The van der Waals surface area contributed by atoms with Crippen LogP contribution in [0.15, 0.2) is 4.42 Å². The zero-order valence-corrected chi connectivity index (χ0v) is 9.40. The molecule has 0 aromatic carbocycles. The number of aromatic nitrogens is 1. The SMILES string of the molecule is CCc1nc(C2CCOC2C)oc1C(=O)O. The van der Waals surface area contributed by atoms with E-state index in [0.717, 1.165) is 6.42 Å². The van der Waals surface area contributed by atoms with E-state index in [1.807, 2.05) is 13.8 Å². The van der Waals surface area contributed by atoms with E-state index in [-0.39, 0.29) is 17.8 Å². The second kappa shape index (κ2) is 4.25. The van der Waals surface area contributed by atoms with Gasteiger partial charge in [-0.05, 0) is 19.8 Å². The number of ether oxygens (including phenoxy) is 1. The van der Waals surface area contributed by atoms with Crippen molar-refractivity contribution in [3.63, 3.8) is 0 Å². The van der Waals surface area contributed by atoms with Gasteiger partial charge in [0.1, 0.15) is 0 Å². The van der Waals surface area contributed by atoms with Crippen LogP contribution in [0.5, 0.6) is 0 Å². The number of aryl methyl sites for hydroxylation is 1. The number of carboxylic acid groups (broad SMARTS) is 1. The largest absolute Gasteiger partial charge is 0.475 e. The topological polar surface area (TPSA) is 72.6 Å². The Balaban J connectivity index is 2.32. The van der Waals surface area contributed by atoms with Crippen molar-refractivity contribution < 1.29 is 19.1 Å². The molecule has 1 fully saturated rings. The maximum absolute atomic E-state index is 10.9. The molecule has 5 heteroatoms. The summed E-state index contributed by atoms with van der Waals surface area (Å²) in [5, 5.41) is 8.95. The quantitative estimate of drug-likeness (QED) is 0.849. The van der Waals surface area contributed by atoms with Gasteiger partial charge in [0.15, 0.2) is 0 Å². The van der Waals surface area contributed by atoms with Crippen molar-refractivity contribution in [2.75, 3.05) is 6.61 Å². The average Bonchev–Trinajstić information content (AvgIpc) is 2.82. The number of carbonyl (C=O) groups is 1. The van der Waals surface area contributed by atoms with E-state index < -0.39 is 5.97 Å². The molecule has 1 saturated heterocycles. The number of hydrogen-bond acceptors (Lipinski definition) is 4. The molecule has 1 aliphatic rings. The third-order valence-electron chi connectivity index (χ3n) is 2.94. The highest BCUT2D eigenvalue weighted by atomic mass is 16.5. The summed E-state index contributed by atoms with van der Waals surface area (Å²) in [5.74, 6) is -0.503. The van der Waals surface area contributed by atoms with Crippen LogP contribution in [0.1, 0.15) is 48.3 Å². The monoisotopic (exact) mass is 225 g/mol. The molecule has 88 valence electrons. The fourth-order valence-corrected chi connectivity index (χ4v) is 1.99. The lowest BCUT2D eigenvalue weighted by Crippen LogP contribution is -2.09. The molecular formula is C11H15NO4. The molecule has 1 aliphatic heterocycles. The number of carboxylic acids is 1. The minimum absolute atomic E-state index is 0.0309. The smallest absolute Gasteiger partial charge is 0.373 e. The van der Waals surface area contributed by atoms with Gasteiger partial charge in [-0.3, -0.25) is 0 Å². The molecule has 16 heavy (non-hydrogen) atoms. The Morgan fingerprint density at radius 2 is 2.38 bits per heavy atom. The Morgan fingerprint density at radius 3 is 2.81 bits per heavy atom. The van der Waals surface area contributed by atoms with Crippen molar-refractivity contribution in [1.29, 1.82) is 0 Å². The second-order valence-electron chi connectivity index (χ2n) is 3.96. The van der Waals surface area contributed by atoms with E-state index in [2.05, 4.69) is 4.98 Å². The zero-order chi connectivity index (χ0) is 11.7. The molecule has 2 heterocycles. The molecule has 2 unspecified atom stereocenters. The first kappa shape index (κ1) is 11.1. The summed E-state index contributed by atoms with van der Waals surface area (Å²) in [5.41, 5.74) is 0.515. The second-order valence-corrected chi connectivity index (χ2v) is 3.96. The zero-order valence-electron chi connectivity index (χ0n) is 9.40. The van der Waals surface area contributed by atoms with E-state index >= 15 is 0 Å². The van der Waals surface area contributed by atoms with Gasteiger partial charge in [-0.25, -0.2) is 9.78 Å². The minimum Gasteiger partial charge on any atom is -0.475 e. The highest BCUT2D eigenvalue weighted by Crippen LogP contribution is 2.31. The fourth-order valence-electron chi connectivity index (χ4n) is 1.99. The third-order valence-corrected chi connectivity index (χ3v) is 2.94. The highest BCUT2D eigenvalue weighted by molar-refractivity contribution is 5.85. The molecule has 0 amide bonds. The van der Waals surface area contributed by atoms with Crippen LogP contribution >= 0.6 is 0 Å². The first-order valence-electron chi connectivity index (χ1n) is 5.48. The lowest BCUT2D eigenvalue weighted by Gasteiger charge is -2.08. The van der Waals surface area contributed by atoms with Crippen LogP contribution in [0.2, 0.25) is 0 Å². The van der Waals surface area contributed by atoms with Crippen LogP contribution in [0, 0.1) is 0 Å². The number of nitrogens with zero attached hydrogens (tertiary/aromatic N) is 1. The van der Waals surface area contributed by atoms with Crippen molar-refractivity contribution in [3.8, 4) is 0 Å². The summed E-state index contributed by atoms with van der Waals surface area (Å²) < 4.78 is 10.7. The summed E-state index contributed by atoms with van der Waals surface area (Å²) in [4.78, 5) is 15.2. The number of aromatic carboxylic acids is 1. The maximum Gasteiger partial charge on any atom is 0.373 e. The Bertz CT molecular complexity index is 399. The summed E-state index contributed by atoms with van der Waals surface area (Å²) >= 11 is 0. The summed E-state index contributed by atoms with van der Waals surface area (Å²) in [6.07, 6.45) is 1.45. The molecule has 0 bridgehead atoms. The molecule has 1 aromatic rings. The van der Waals surface area contributed by atoms with Gasteiger partial charge in [0.25, 0.3) is 0 Å². The molecule has 1 N–H and O–H groups in total. The highest BCUT2D eigenvalue weighted by Gasteiger charge is 2.32. The summed E-state index contributed by atoms with van der Waals surface area (Å²) in [6, 6.07) is 0. The van der Waals surface area contributed by atoms with E-state index in [4.69, 9.17) is 14.3 Å². The van der Waals surface area contributed by atoms with Crippen LogP contribution < -0.4 is 0 Å².